The molecule has 0 fully saturated rings. The summed E-state index contributed by atoms with van der Waals surface area (Å²) in [6.07, 6.45) is -4.82. The summed E-state index contributed by atoms with van der Waals surface area (Å²) in [6, 6.07) is 10.0. The van der Waals surface area contributed by atoms with Crippen LogP contribution in [0.25, 0.3) is 22.6 Å². The van der Waals surface area contributed by atoms with Crippen molar-refractivity contribution >= 4 is 5.91 Å². The molecule has 168 valence electrons. The van der Waals surface area contributed by atoms with Crippen molar-refractivity contribution in [2.45, 2.75) is 26.3 Å². The smallest absolute Gasteiger partial charge is 0.406 e. The third-order valence-corrected chi connectivity index (χ3v) is 4.41. The lowest BCUT2D eigenvalue weighted by Crippen LogP contribution is -2.35. The van der Waals surface area contributed by atoms with Crippen LogP contribution in [0.4, 0.5) is 17.6 Å². The molecule has 1 atom stereocenters. The average molecular weight is 449 g/mol. The van der Waals surface area contributed by atoms with Crippen LogP contribution in [0.5, 0.6) is 5.75 Å². The van der Waals surface area contributed by atoms with E-state index in [9.17, 15) is 27.5 Å². The van der Waals surface area contributed by atoms with Gasteiger partial charge in [-0.25, -0.2) is 14.4 Å². The van der Waals surface area contributed by atoms with Crippen LogP contribution < -0.4 is 10.1 Å². The predicted molar refractivity (Wildman–Crippen MR) is 108 cm³/mol. The van der Waals surface area contributed by atoms with Gasteiger partial charge in [0.1, 0.15) is 17.3 Å². The van der Waals surface area contributed by atoms with Crippen molar-refractivity contribution in [2.24, 2.45) is 0 Å². The molecule has 1 amide bonds. The van der Waals surface area contributed by atoms with E-state index in [1.54, 1.807) is 13.8 Å². The summed E-state index contributed by atoms with van der Waals surface area (Å²) in [5.74, 6) is -1.27. The number of nitrogens with zero attached hydrogens (tertiary/aromatic N) is 2. The van der Waals surface area contributed by atoms with E-state index in [0.717, 1.165) is 12.1 Å². The molecule has 0 saturated heterocycles. The van der Waals surface area contributed by atoms with Gasteiger partial charge in [-0.05, 0) is 67.9 Å². The molecule has 1 unspecified atom stereocenters. The fourth-order valence-corrected chi connectivity index (χ4v) is 2.80. The molecule has 0 aliphatic rings. The van der Waals surface area contributed by atoms with E-state index in [4.69, 9.17) is 0 Å². The van der Waals surface area contributed by atoms with Gasteiger partial charge in [0, 0.05) is 17.2 Å². The lowest BCUT2D eigenvalue weighted by molar-refractivity contribution is -0.274. The summed E-state index contributed by atoms with van der Waals surface area (Å²) in [5, 5.41) is 11.8. The SMILES string of the molecule is Cc1cc(-c2nc(C(=O)NC(C)CO)cc(-c3ccc(OC(F)(F)F)cc3)n2)ccc1F. The summed E-state index contributed by atoms with van der Waals surface area (Å²) >= 11 is 0. The molecule has 32 heavy (non-hydrogen) atoms. The third kappa shape index (κ3) is 5.79. The fraction of sp³-hybridized carbons (Fsp3) is 0.227. The molecule has 6 nitrogen and oxygen atoms in total. The Balaban J connectivity index is 2.05. The summed E-state index contributed by atoms with van der Waals surface area (Å²) in [4.78, 5) is 21.3. The maximum Gasteiger partial charge on any atom is 0.573 e. The molecule has 0 spiro atoms. The summed E-state index contributed by atoms with van der Waals surface area (Å²) in [6.45, 7) is 2.89. The van der Waals surface area contributed by atoms with Gasteiger partial charge in [-0.3, -0.25) is 4.79 Å². The van der Waals surface area contributed by atoms with Gasteiger partial charge in [0.25, 0.3) is 5.91 Å². The lowest BCUT2D eigenvalue weighted by Gasteiger charge is -2.13. The number of ether oxygens (including phenoxy) is 1. The Bertz CT molecular complexity index is 1120. The molecule has 2 N–H and O–H groups in total. The molecule has 0 aliphatic heterocycles. The number of carbonyl (C=O) groups is 1. The van der Waals surface area contributed by atoms with Gasteiger partial charge >= 0.3 is 6.36 Å². The van der Waals surface area contributed by atoms with Gasteiger partial charge in [0.15, 0.2) is 5.82 Å². The van der Waals surface area contributed by atoms with Crippen LogP contribution in [0.3, 0.4) is 0 Å². The monoisotopic (exact) mass is 449 g/mol. The molecule has 0 saturated carbocycles. The van der Waals surface area contributed by atoms with E-state index in [2.05, 4.69) is 20.0 Å². The first-order valence-corrected chi connectivity index (χ1v) is 9.49. The number of aromatic nitrogens is 2. The van der Waals surface area contributed by atoms with E-state index in [-0.39, 0.29) is 23.8 Å². The second kappa shape index (κ2) is 9.31. The number of carbonyl (C=O) groups excluding carboxylic acids is 1. The molecule has 1 heterocycles. The van der Waals surface area contributed by atoms with Crippen LogP contribution in [-0.4, -0.2) is 40.0 Å². The van der Waals surface area contributed by atoms with E-state index in [0.29, 0.717) is 16.7 Å². The molecular formula is C22H19F4N3O3. The number of hydrogen-bond acceptors (Lipinski definition) is 5. The van der Waals surface area contributed by atoms with E-state index in [1.807, 2.05) is 0 Å². The first-order chi connectivity index (χ1) is 15.1. The van der Waals surface area contributed by atoms with Crippen LogP contribution >= 0.6 is 0 Å². The van der Waals surface area contributed by atoms with Crippen molar-refractivity contribution in [3.63, 3.8) is 0 Å². The second-order valence-electron chi connectivity index (χ2n) is 7.06. The minimum atomic E-state index is -4.82. The standard InChI is InChI=1S/C22H19F4N3O3/c1-12-9-15(5-8-17(12)23)20-28-18(10-19(29-20)21(31)27-13(2)11-30)14-3-6-16(7-4-14)32-22(24,25)26/h3-10,13,30H,11H2,1-2H3,(H,27,31). The van der Waals surface area contributed by atoms with Crippen LogP contribution in [-0.2, 0) is 0 Å². The Hall–Kier alpha value is -3.53. The molecule has 2 aromatic carbocycles. The van der Waals surface area contributed by atoms with Crippen molar-refractivity contribution in [1.29, 1.82) is 0 Å². The van der Waals surface area contributed by atoms with Crippen molar-refractivity contribution in [2.75, 3.05) is 6.61 Å². The number of hydrogen-bond donors (Lipinski definition) is 2. The maximum atomic E-state index is 13.7. The third-order valence-electron chi connectivity index (χ3n) is 4.41. The largest absolute Gasteiger partial charge is 0.573 e. The van der Waals surface area contributed by atoms with Crippen LogP contribution in [0.1, 0.15) is 23.0 Å². The first kappa shape index (κ1) is 23.1. The number of alkyl halides is 3. The molecule has 1 aromatic heterocycles. The molecule has 10 heteroatoms. The predicted octanol–water partition coefficient (Wildman–Crippen LogP) is 4.27. The van der Waals surface area contributed by atoms with E-state index >= 15 is 0 Å². The van der Waals surface area contributed by atoms with Crippen molar-refractivity contribution in [1.82, 2.24) is 15.3 Å². The maximum absolute atomic E-state index is 13.7. The minimum Gasteiger partial charge on any atom is -0.406 e. The highest BCUT2D eigenvalue weighted by Crippen LogP contribution is 2.28. The fourth-order valence-electron chi connectivity index (χ4n) is 2.80. The number of aliphatic hydroxyl groups is 1. The van der Waals surface area contributed by atoms with E-state index < -0.39 is 29.9 Å². The molecule has 0 radical (unpaired) electrons. The van der Waals surface area contributed by atoms with Gasteiger partial charge in [-0.1, -0.05) is 0 Å². The summed E-state index contributed by atoms with van der Waals surface area (Å²) < 4.78 is 54.8. The number of aliphatic hydroxyl groups excluding tert-OH is 1. The molecule has 3 aromatic rings. The lowest BCUT2D eigenvalue weighted by atomic mass is 10.1. The average Bonchev–Trinajstić information content (AvgIpc) is 2.74. The first-order valence-electron chi connectivity index (χ1n) is 9.49. The topological polar surface area (TPSA) is 84.3 Å². The van der Waals surface area contributed by atoms with Crippen molar-refractivity contribution < 1.29 is 32.2 Å². The molecule has 0 aliphatic carbocycles. The quantitative estimate of drug-likeness (QED) is 0.550. The highest BCUT2D eigenvalue weighted by atomic mass is 19.4. The van der Waals surface area contributed by atoms with Crippen molar-refractivity contribution in [3.8, 4) is 28.4 Å². The number of benzene rings is 2. The normalized spacial score (nSPS) is 12.3. The minimum absolute atomic E-state index is 0.0251. The number of amides is 1. The van der Waals surface area contributed by atoms with Crippen molar-refractivity contribution in [3.05, 3.63) is 65.6 Å². The zero-order chi connectivity index (χ0) is 23.5. The number of nitrogens with one attached hydrogen (secondary N) is 1. The molecule has 3 rings (SSSR count). The Labute approximate surface area is 180 Å². The Morgan fingerprint density at radius 1 is 1.09 bits per heavy atom. The van der Waals surface area contributed by atoms with Gasteiger partial charge in [-0.15, -0.1) is 13.2 Å². The number of aryl methyl sites for hydroxylation is 1. The zero-order valence-electron chi connectivity index (χ0n) is 17.1. The van der Waals surface area contributed by atoms with Crippen LogP contribution in [0, 0.1) is 12.7 Å². The van der Waals surface area contributed by atoms with E-state index in [1.165, 1.54) is 36.4 Å². The summed E-state index contributed by atoms with van der Waals surface area (Å²) in [5.41, 5.74) is 1.45. The van der Waals surface area contributed by atoms with Crippen LogP contribution in [0.2, 0.25) is 0 Å². The Morgan fingerprint density at radius 2 is 1.75 bits per heavy atom. The second-order valence-corrected chi connectivity index (χ2v) is 7.06. The summed E-state index contributed by atoms with van der Waals surface area (Å²) in [7, 11) is 0. The molecular weight excluding hydrogens is 430 g/mol. The Kier molecular flexibility index (Phi) is 6.73. The van der Waals surface area contributed by atoms with Crippen LogP contribution in [0.15, 0.2) is 48.5 Å². The number of rotatable bonds is 6. The van der Waals surface area contributed by atoms with Gasteiger partial charge in [0.05, 0.1) is 12.3 Å². The van der Waals surface area contributed by atoms with Gasteiger partial charge < -0.3 is 15.2 Å². The molecule has 0 bridgehead atoms. The number of halogens is 4. The Morgan fingerprint density at radius 3 is 2.34 bits per heavy atom. The van der Waals surface area contributed by atoms with Gasteiger partial charge in [0.2, 0.25) is 0 Å². The van der Waals surface area contributed by atoms with Gasteiger partial charge in [-0.2, -0.15) is 0 Å². The highest BCUT2D eigenvalue weighted by molar-refractivity contribution is 5.94. The highest BCUT2D eigenvalue weighted by Gasteiger charge is 2.31. The zero-order valence-corrected chi connectivity index (χ0v) is 17.1.